The number of nitrogens with zero attached hydrogens (tertiary/aromatic N) is 1. The summed E-state index contributed by atoms with van der Waals surface area (Å²) in [5.41, 5.74) is 2.19. The summed E-state index contributed by atoms with van der Waals surface area (Å²) in [4.78, 5) is 13.5. The van der Waals surface area contributed by atoms with Gasteiger partial charge in [0.15, 0.2) is 0 Å². The molecule has 0 spiro atoms. The molecule has 1 unspecified atom stereocenters. The van der Waals surface area contributed by atoms with E-state index in [1.54, 1.807) is 7.11 Å². The quantitative estimate of drug-likeness (QED) is 0.660. The first kappa shape index (κ1) is 21.5. The molecule has 1 aliphatic carbocycles. The van der Waals surface area contributed by atoms with Gasteiger partial charge in [0.1, 0.15) is 23.7 Å². The largest absolute Gasteiger partial charge is 0.493 e. The Labute approximate surface area is 184 Å². The van der Waals surface area contributed by atoms with E-state index < -0.39 is 0 Å². The molecule has 2 aliphatic rings. The number of anilines is 1. The molecule has 4 rings (SSSR count). The predicted molar refractivity (Wildman–Crippen MR) is 121 cm³/mol. The van der Waals surface area contributed by atoms with Gasteiger partial charge < -0.3 is 24.4 Å². The summed E-state index contributed by atoms with van der Waals surface area (Å²) < 4.78 is 17.8. The molecule has 0 aromatic heterocycles. The van der Waals surface area contributed by atoms with Crippen molar-refractivity contribution < 1.29 is 19.0 Å². The van der Waals surface area contributed by atoms with Crippen molar-refractivity contribution in [2.24, 2.45) is 5.92 Å². The van der Waals surface area contributed by atoms with Crippen LogP contribution in [0.25, 0.3) is 0 Å². The van der Waals surface area contributed by atoms with Crippen LogP contribution in [0.2, 0.25) is 0 Å². The molecule has 31 heavy (non-hydrogen) atoms. The lowest BCUT2D eigenvalue weighted by Gasteiger charge is -2.20. The Kier molecular flexibility index (Phi) is 6.66. The van der Waals surface area contributed by atoms with Crippen LogP contribution in [0.4, 0.5) is 5.69 Å². The van der Waals surface area contributed by atoms with Crippen molar-refractivity contribution in [3.05, 3.63) is 54.1 Å². The van der Waals surface area contributed by atoms with Crippen LogP contribution in [0.5, 0.6) is 11.5 Å². The molecule has 1 N–H and O–H groups in total. The van der Waals surface area contributed by atoms with E-state index in [2.05, 4.69) is 22.3 Å². The highest BCUT2D eigenvalue weighted by atomic mass is 16.5. The van der Waals surface area contributed by atoms with E-state index in [9.17, 15) is 4.79 Å². The van der Waals surface area contributed by atoms with E-state index in [1.807, 2.05) is 43.3 Å². The molecule has 1 aliphatic heterocycles. The third kappa shape index (κ3) is 5.70. The summed E-state index contributed by atoms with van der Waals surface area (Å²) in [6.45, 7) is 5.85. The number of nitrogens with one attached hydrogen (secondary N) is 1. The standard InChI is InChI=1S/C25H32N2O4/c1-17(26-18(2)28)20-6-10-23(11-7-20)31-25-15-27(14-24(25)29-3)21-8-12-22(13-9-21)30-16-19-4-5-19/h6-13,17,19,24-25H,4-5,14-16H2,1-3H3,(H,26,28)/t17-,24?,25-/m0/s1. The lowest BCUT2D eigenvalue weighted by atomic mass is 10.1. The van der Waals surface area contributed by atoms with Gasteiger partial charge in [0, 0.05) is 26.3 Å². The second-order valence-corrected chi connectivity index (χ2v) is 8.57. The van der Waals surface area contributed by atoms with E-state index in [1.165, 1.54) is 19.8 Å². The van der Waals surface area contributed by atoms with Crippen LogP contribution in [0, 0.1) is 5.92 Å². The number of hydrogen-bond acceptors (Lipinski definition) is 5. The van der Waals surface area contributed by atoms with Crippen LogP contribution in [0.15, 0.2) is 48.5 Å². The van der Waals surface area contributed by atoms with Crippen molar-refractivity contribution in [3.8, 4) is 11.5 Å². The highest BCUT2D eigenvalue weighted by Gasteiger charge is 2.35. The van der Waals surface area contributed by atoms with Crippen molar-refractivity contribution in [1.29, 1.82) is 0 Å². The lowest BCUT2D eigenvalue weighted by molar-refractivity contribution is -0.119. The zero-order chi connectivity index (χ0) is 21.8. The monoisotopic (exact) mass is 424 g/mol. The van der Waals surface area contributed by atoms with Crippen molar-refractivity contribution in [3.63, 3.8) is 0 Å². The van der Waals surface area contributed by atoms with Gasteiger partial charge in [0.05, 0.1) is 19.2 Å². The van der Waals surface area contributed by atoms with Crippen molar-refractivity contribution in [2.75, 3.05) is 31.7 Å². The Balaban J connectivity index is 1.35. The molecule has 0 bridgehead atoms. The number of carbonyl (C=O) groups excluding carboxylic acids is 1. The van der Waals surface area contributed by atoms with Gasteiger partial charge >= 0.3 is 0 Å². The van der Waals surface area contributed by atoms with Crippen LogP contribution in [0.1, 0.15) is 38.3 Å². The number of rotatable bonds is 9. The summed E-state index contributed by atoms with van der Waals surface area (Å²) in [5.74, 6) is 2.45. The fourth-order valence-electron chi connectivity index (χ4n) is 3.94. The molecule has 0 radical (unpaired) electrons. The Hall–Kier alpha value is -2.73. The van der Waals surface area contributed by atoms with E-state index in [0.717, 1.165) is 48.4 Å². The van der Waals surface area contributed by atoms with Crippen molar-refractivity contribution in [1.82, 2.24) is 5.32 Å². The molecule has 3 atom stereocenters. The normalized spacial score (nSPS) is 21.6. The Morgan fingerprint density at radius 2 is 1.68 bits per heavy atom. The fraction of sp³-hybridized carbons (Fsp3) is 0.480. The Morgan fingerprint density at radius 3 is 2.29 bits per heavy atom. The molecule has 166 valence electrons. The van der Waals surface area contributed by atoms with Crippen LogP contribution in [-0.2, 0) is 9.53 Å². The van der Waals surface area contributed by atoms with Crippen LogP contribution >= 0.6 is 0 Å². The van der Waals surface area contributed by atoms with Crippen LogP contribution in [0.3, 0.4) is 0 Å². The second kappa shape index (κ2) is 9.60. The number of hydrogen-bond donors (Lipinski definition) is 1. The molecule has 1 saturated heterocycles. The molecule has 1 amide bonds. The molecule has 2 fully saturated rings. The van der Waals surface area contributed by atoms with E-state index in [-0.39, 0.29) is 24.2 Å². The number of amides is 1. The minimum absolute atomic E-state index is 0.0104. The summed E-state index contributed by atoms with van der Waals surface area (Å²) in [6.07, 6.45) is 2.52. The Morgan fingerprint density at radius 1 is 1.03 bits per heavy atom. The number of ether oxygens (including phenoxy) is 3. The van der Waals surface area contributed by atoms with Gasteiger partial charge in [-0.2, -0.15) is 0 Å². The topological polar surface area (TPSA) is 60.0 Å². The molecule has 2 aromatic carbocycles. The molecule has 6 nitrogen and oxygen atoms in total. The zero-order valence-corrected chi connectivity index (χ0v) is 18.5. The van der Waals surface area contributed by atoms with Crippen molar-refractivity contribution >= 4 is 11.6 Å². The lowest BCUT2D eigenvalue weighted by Crippen LogP contribution is -2.31. The Bertz CT molecular complexity index is 864. The third-order valence-electron chi connectivity index (χ3n) is 5.99. The molecule has 2 aromatic rings. The smallest absolute Gasteiger partial charge is 0.217 e. The van der Waals surface area contributed by atoms with E-state index in [0.29, 0.717) is 0 Å². The highest BCUT2D eigenvalue weighted by molar-refractivity contribution is 5.73. The minimum Gasteiger partial charge on any atom is -0.493 e. The second-order valence-electron chi connectivity index (χ2n) is 8.57. The van der Waals surface area contributed by atoms with Crippen LogP contribution in [-0.4, -0.2) is 44.9 Å². The van der Waals surface area contributed by atoms with E-state index >= 15 is 0 Å². The first-order valence-corrected chi connectivity index (χ1v) is 11.1. The summed E-state index contributed by atoms with van der Waals surface area (Å²) in [6, 6.07) is 16.2. The molecular formula is C25H32N2O4. The molecule has 1 saturated carbocycles. The average molecular weight is 425 g/mol. The maximum atomic E-state index is 11.3. The zero-order valence-electron chi connectivity index (χ0n) is 18.5. The summed E-state index contributed by atoms with van der Waals surface area (Å²) >= 11 is 0. The number of methoxy groups -OCH3 is 1. The average Bonchev–Trinajstić information content (AvgIpc) is 3.51. The van der Waals surface area contributed by atoms with Crippen LogP contribution < -0.4 is 19.7 Å². The number of benzene rings is 2. The molecule has 1 heterocycles. The predicted octanol–water partition coefficient (Wildman–Crippen LogP) is 3.96. The highest BCUT2D eigenvalue weighted by Crippen LogP contribution is 2.31. The van der Waals surface area contributed by atoms with Gasteiger partial charge in [-0.05, 0) is 67.6 Å². The number of carbonyl (C=O) groups is 1. The first-order chi connectivity index (χ1) is 15.0. The maximum absolute atomic E-state index is 11.3. The maximum Gasteiger partial charge on any atom is 0.217 e. The van der Waals surface area contributed by atoms with Gasteiger partial charge in [-0.15, -0.1) is 0 Å². The fourth-order valence-corrected chi connectivity index (χ4v) is 3.94. The van der Waals surface area contributed by atoms with Gasteiger partial charge in [-0.3, -0.25) is 4.79 Å². The summed E-state index contributed by atoms with van der Waals surface area (Å²) in [7, 11) is 1.73. The third-order valence-corrected chi connectivity index (χ3v) is 5.99. The molecule has 6 heteroatoms. The first-order valence-electron chi connectivity index (χ1n) is 11.1. The van der Waals surface area contributed by atoms with E-state index in [4.69, 9.17) is 14.2 Å². The van der Waals surface area contributed by atoms with Crippen molar-refractivity contribution in [2.45, 2.75) is 44.9 Å². The van der Waals surface area contributed by atoms with Gasteiger partial charge in [0.25, 0.3) is 0 Å². The van der Waals surface area contributed by atoms with Gasteiger partial charge in [0.2, 0.25) is 5.91 Å². The minimum atomic E-state index is -0.0607. The van der Waals surface area contributed by atoms with Gasteiger partial charge in [-0.1, -0.05) is 12.1 Å². The summed E-state index contributed by atoms with van der Waals surface area (Å²) in [5, 5.41) is 2.90. The molecular weight excluding hydrogens is 392 g/mol. The van der Waals surface area contributed by atoms with Gasteiger partial charge in [-0.25, -0.2) is 0 Å². The SMILES string of the molecule is COC1CN(c2ccc(OCC3CC3)cc2)C[C@@H]1Oc1ccc([C@H](C)NC(C)=O)cc1.